The number of ether oxygens (including phenoxy) is 1. The molecular formula is C35H52F3N5O7. The number of Topliss-reactive ketones (excluding diaryl/α,β-unsaturated/α-hetero) is 1. The van der Waals surface area contributed by atoms with E-state index >= 15 is 0 Å². The lowest BCUT2D eigenvalue weighted by molar-refractivity contribution is -0.147. The number of nitrogens with zero attached hydrogens (tertiary/aromatic N) is 1. The average Bonchev–Trinajstić information content (AvgIpc) is 3.81. The Balaban J connectivity index is 0.000000843. The molecule has 1 aliphatic heterocycles. The first-order valence-electron chi connectivity index (χ1n) is 17.2. The van der Waals surface area contributed by atoms with E-state index in [-0.39, 0.29) is 19.1 Å². The van der Waals surface area contributed by atoms with Crippen molar-refractivity contribution >= 4 is 35.5 Å². The van der Waals surface area contributed by atoms with Crippen LogP contribution in [0.15, 0.2) is 30.3 Å². The van der Waals surface area contributed by atoms with E-state index in [9.17, 15) is 41.9 Å². The summed E-state index contributed by atoms with van der Waals surface area (Å²) in [6, 6.07) is 5.45. The number of amides is 5. The number of carbonyl (C=O) groups excluding carboxylic acids is 6. The van der Waals surface area contributed by atoms with Crippen LogP contribution in [0.1, 0.15) is 91.5 Å². The molecule has 1 heterocycles. The molecule has 3 aliphatic rings. The largest absolute Gasteiger partial charge is 0.460 e. The predicted octanol–water partition coefficient (Wildman–Crippen LogP) is 4.15. The molecule has 2 aliphatic carbocycles. The van der Waals surface area contributed by atoms with Gasteiger partial charge in [0.2, 0.25) is 17.6 Å². The SMILES string of the molecule is CC.CC(C)(C)C(NC(=O)NCC(=O)OCc1ccccc1)C(=O)N1CCC[C@H]1C(=O)NC(CC1CCC1)C(=O)C(N)=O.FC(F)(F)C1CC1. The number of urea groups is 1. The summed E-state index contributed by atoms with van der Waals surface area (Å²) in [5.74, 6) is -4.32. The molecular weight excluding hydrogens is 659 g/mol. The van der Waals surface area contributed by atoms with Crippen LogP contribution in [0.2, 0.25) is 0 Å². The predicted molar refractivity (Wildman–Crippen MR) is 179 cm³/mol. The van der Waals surface area contributed by atoms with Crippen LogP contribution in [0.3, 0.4) is 0 Å². The molecule has 5 amide bonds. The molecule has 12 nitrogen and oxygen atoms in total. The van der Waals surface area contributed by atoms with E-state index in [1.807, 2.05) is 44.2 Å². The van der Waals surface area contributed by atoms with E-state index in [2.05, 4.69) is 16.0 Å². The van der Waals surface area contributed by atoms with Crippen molar-refractivity contribution in [3.05, 3.63) is 35.9 Å². The number of halogens is 3. The van der Waals surface area contributed by atoms with Gasteiger partial charge < -0.3 is 31.3 Å². The van der Waals surface area contributed by atoms with Crippen LogP contribution in [0, 0.1) is 17.3 Å². The number of esters is 1. The molecule has 1 saturated heterocycles. The number of ketones is 1. The lowest BCUT2D eigenvalue weighted by Gasteiger charge is -2.36. The van der Waals surface area contributed by atoms with Crippen molar-refractivity contribution in [2.75, 3.05) is 13.1 Å². The molecule has 0 spiro atoms. The number of nitrogens with one attached hydrogen (secondary N) is 3. The smallest absolute Gasteiger partial charge is 0.391 e. The van der Waals surface area contributed by atoms with Crippen LogP contribution >= 0.6 is 0 Å². The van der Waals surface area contributed by atoms with Crippen molar-refractivity contribution in [2.45, 2.75) is 117 Å². The van der Waals surface area contributed by atoms with Gasteiger partial charge in [0.1, 0.15) is 25.2 Å². The Labute approximate surface area is 291 Å². The summed E-state index contributed by atoms with van der Waals surface area (Å²) in [5, 5.41) is 7.73. The molecule has 0 radical (unpaired) electrons. The average molecular weight is 712 g/mol. The topological polar surface area (TPSA) is 177 Å². The molecule has 0 aromatic heterocycles. The maximum atomic E-state index is 13.7. The lowest BCUT2D eigenvalue weighted by atomic mass is 9.80. The van der Waals surface area contributed by atoms with Gasteiger partial charge >= 0.3 is 18.2 Å². The molecule has 1 aromatic carbocycles. The maximum absolute atomic E-state index is 13.7. The Morgan fingerprint density at radius 2 is 1.54 bits per heavy atom. The van der Waals surface area contributed by atoms with Crippen LogP contribution in [-0.2, 0) is 35.3 Å². The summed E-state index contributed by atoms with van der Waals surface area (Å²) < 4.78 is 38.9. The minimum atomic E-state index is -3.89. The van der Waals surface area contributed by atoms with E-state index < -0.39 is 77.7 Å². The monoisotopic (exact) mass is 711 g/mol. The number of carbonyl (C=O) groups is 6. The van der Waals surface area contributed by atoms with Gasteiger partial charge in [0, 0.05) is 6.54 Å². The second kappa shape index (κ2) is 19.3. The van der Waals surface area contributed by atoms with Crippen molar-refractivity contribution in [2.24, 2.45) is 23.0 Å². The van der Waals surface area contributed by atoms with E-state index in [0.717, 1.165) is 24.8 Å². The van der Waals surface area contributed by atoms with Crippen molar-refractivity contribution < 1.29 is 46.7 Å². The highest BCUT2D eigenvalue weighted by Gasteiger charge is 2.47. The van der Waals surface area contributed by atoms with Crippen LogP contribution in [0.25, 0.3) is 0 Å². The van der Waals surface area contributed by atoms with Gasteiger partial charge in [-0.1, -0.05) is 84.2 Å². The van der Waals surface area contributed by atoms with E-state index in [4.69, 9.17) is 10.5 Å². The second-order valence-corrected chi connectivity index (χ2v) is 13.6. The van der Waals surface area contributed by atoms with Gasteiger partial charge in [0.25, 0.3) is 5.91 Å². The van der Waals surface area contributed by atoms with Gasteiger partial charge in [-0.15, -0.1) is 0 Å². The molecule has 15 heteroatoms. The van der Waals surface area contributed by atoms with Crippen molar-refractivity contribution in [1.82, 2.24) is 20.9 Å². The van der Waals surface area contributed by atoms with Crippen molar-refractivity contribution in [1.29, 1.82) is 0 Å². The molecule has 4 rings (SSSR count). The van der Waals surface area contributed by atoms with Crippen LogP contribution in [-0.4, -0.2) is 77.8 Å². The fraction of sp³-hybridized carbons (Fsp3) is 0.657. The Morgan fingerprint density at radius 3 is 2.02 bits per heavy atom. The lowest BCUT2D eigenvalue weighted by Crippen LogP contribution is -2.60. The third kappa shape index (κ3) is 13.6. The highest BCUT2D eigenvalue weighted by atomic mass is 19.4. The van der Waals surface area contributed by atoms with Gasteiger partial charge in [-0.25, -0.2) is 4.79 Å². The normalized spacial score (nSPS) is 18.4. The summed E-state index contributed by atoms with van der Waals surface area (Å²) >= 11 is 0. The first-order valence-corrected chi connectivity index (χ1v) is 17.2. The number of hydrogen-bond donors (Lipinski definition) is 4. The highest BCUT2D eigenvalue weighted by Crippen LogP contribution is 2.43. The number of benzene rings is 1. The van der Waals surface area contributed by atoms with Crippen LogP contribution < -0.4 is 21.7 Å². The summed E-state index contributed by atoms with van der Waals surface area (Å²) in [6.45, 7) is 9.28. The molecule has 50 heavy (non-hydrogen) atoms. The summed E-state index contributed by atoms with van der Waals surface area (Å²) in [7, 11) is 0. The zero-order valence-electron chi connectivity index (χ0n) is 29.6. The van der Waals surface area contributed by atoms with E-state index in [0.29, 0.717) is 32.1 Å². The van der Waals surface area contributed by atoms with Gasteiger partial charge in [-0.3, -0.25) is 24.0 Å². The second-order valence-electron chi connectivity index (χ2n) is 13.6. The number of likely N-dealkylation sites (tertiary alicyclic amines) is 1. The number of rotatable bonds is 12. The van der Waals surface area contributed by atoms with Gasteiger partial charge in [-0.2, -0.15) is 13.2 Å². The third-order valence-electron chi connectivity index (χ3n) is 8.57. The molecule has 1 aromatic rings. The minimum Gasteiger partial charge on any atom is -0.460 e. The summed E-state index contributed by atoms with van der Waals surface area (Å²) in [6.07, 6.45) is 0.925. The summed E-state index contributed by atoms with van der Waals surface area (Å²) in [4.78, 5) is 77.1. The van der Waals surface area contributed by atoms with E-state index in [1.165, 1.54) is 4.90 Å². The Bertz CT molecular complexity index is 1310. The first kappa shape index (κ1) is 42.0. The molecule has 0 bridgehead atoms. The fourth-order valence-corrected chi connectivity index (χ4v) is 5.38. The van der Waals surface area contributed by atoms with Crippen molar-refractivity contribution in [3.63, 3.8) is 0 Å². The number of alkyl halides is 3. The Morgan fingerprint density at radius 1 is 0.920 bits per heavy atom. The standard InChI is InChI=1S/C29H41N5O7.C4H5F3.C2H6/c1-29(2,3)24(33-28(40)31-16-22(35)41-17-19-9-5-4-6-10-19)27(39)34-14-8-13-21(34)26(38)32-20(23(36)25(30)37)15-18-11-7-12-18;5-4(6,7)3-1-2-3;1-2/h4-6,9-10,18,20-21,24H,7-8,11-17H2,1-3H3,(H2,30,37)(H,32,38)(H2,31,33,40);3H,1-2H2;1-2H3/t20?,21-,24?;;/m0../s1. The maximum Gasteiger partial charge on any atom is 0.391 e. The Hall–Kier alpha value is -4.17. The van der Waals surface area contributed by atoms with E-state index in [1.54, 1.807) is 20.8 Å². The fourth-order valence-electron chi connectivity index (χ4n) is 5.38. The van der Waals surface area contributed by atoms with Crippen molar-refractivity contribution in [3.8, 4) is 0 Å². The van der Waals surface area contributed by atoms with Gasteiger partial charge in [0.15, 0.2) is 0 Å². The number of primary amides is 1. The quantitative estimate of drug-likeness (QED) is 0.186. The zero-order valence-corrected chi connectivity index (χ0v) is 29.6. The van der Waals surface area contributed by atoms with Crippen LogP contribution in [0.4, 0.5) is 18.0 Å². The summed E-state index contributed by atoms with van der Waals surface area (Å²) in [5.41, 5.74) is 5.29. The number of hydrogen-bond acceptors (Lipinski definition) is 7. The van der Waals surface area contributed by atoms with Gasteiger partial charge in [0.05, 0.1) is 12.0 Å². The Kier molecular flexibility index (Phi) is 16.2. The highest BCUT2D eigenvalue weighted by molar-refractivity contribution is 6.37. The molecule has 5 N–H and O–H groups in total. The molecule has 3 atom stereocenters. The number of nitrogens with two attached hydrogens (primary N) is 1. The molecule has 280 valence electrons. The minimum absolute atomic E-state index is 0.0665. The zero-order chi connectivity index (χ0) is 37.6. The molecule has 3 fully saturated rings. The van der Waals surface area contributed by atoms with Crippen LogP contribution in [0.5, 0.6) is 0 Å². The third-order valence-corrected chi connectivity index (χ3v) is 8.57. The molecule has 2 unspecified atom stereocenters. The van der Waals surface area contributed by atoms with Gasteiger partial charge in [-0.05, 0) is 49.0 Å². The first-order chi connectivity index (χ1) is 23.5. The molecule has 2 saturated carbocycles.